The second-order valence-corrected chi connectivity index (χ2v) is 4.51. The predicted molar refractivity (Wildman–Crippen MR) is 58.9 cm³/mol. The minimum atomic E-state index is 0.988. The standard InChI is InChI=1S/C12H25N/c1-3-5-6-11(4-2)9-12-7-8-13-10-12/h11-13H,3-10H2,1-2H3/t11-,12+/m1/s1. The van der Waals surface area contributed by atoms with Gasteiger partial charge in [0, 0.05) is 0 Å². The lowest BCUT2D eigenvalue weighted by molar-refractivity contribution is 0.351. The summed E-state index contributed by atoms with van der Waals surface area (Å²) < 4.78 is 0. The highest BCUT2D eigenvalue weighted by Crippen LogP contribution is 2.24. The van der Waals surface area contributed by atoms with Gasteiger partial charge >= 0.3 is 0 Å². The van der Waals surface area contributed by atoms with Gasteiger partial charge in [0.2, 0.25) is 0 Å². The van der Waals surface area contributed by atoms with Crippen LogP contribution in [-0.2, 0) is 0 Å². The summed E-state index contributed by atoms with van der Waals surface area (Å²) in [5, 5.41) is 3.46. The van der Waals surface area contributed by atoms with Gasteiger partial charge < -0.3 is 5.32 Å². The maximum Gasteiger partial charge on any atom is -0.00199 e. The van der Waals surface area contributed by atoms with Crippen LogP contribution in [0.3, 0.4) is 0 Å². The molecule has 0 amide bonds. The molecule has 1 nitrogen and oxygen atoms in total. The van der Waals surface area contributed by atoms with Crippen molar-refractivity contribution in [2.75, 3.05) is 13.1 Å². The quantitative estimate of drug-likeness (QED) is 0.667. The van der Waals surface area contributed by atoms with Gasteiger partial charge in [-0.1, -0.05) is 39.5 Å². The van der Waals surface area contributed by atoms with Crippen molar-refractivity contribution in [1.82, 2.24) is 5.32 Å². The second-order valence-electron chi connectivity index (χ2n) is 4.51. The summed E-state index contributed by atoms with van der Waals surface area (Å²) in [5.74, 6) is 1.99. The summed E-state index contributed by atoms with van der Waals surface area (Å²) >= 11 is 0. The summed E-state index contributed by atoms with van der Waals surface area (Å²) in [4.78, 5) is 0. The van der Waals surface area contributed by atoms with Gasteiger partial charge in [-0.25, -0.2) is 0 Å². The Balaban J connectivity index is 2.13. The SMILES string of the molecule is CCCC[C@@H](CC)C[C@@H]1CCNC1. The number of nitrogens with one attached hydrogen (secondary N) is 1. The molecule has 0 aromatic carbocycles. The molecular weight excluding hydrogens is 158 g/mol. The summed E-state index contributed by atoms with van der Waals surface area (Å²) in [6.45, 7) is 7.18. The highest BCUT2D eigenvalue weighted by Gasteiger charge is 2.18. The summed E-state index contributed by atoms with van der Waals surface area (Å²) in [7, 11) is 0. The van der Waals surface area contributed by atoms with Gasteiger partial charge in [-0.2, -0.15) is 0 Å². The second kappa shape index (κ2) is 6.42. The first-order chi connectivity index (χ1) is 6.36. The Morgan fingerprint density at radius 3 is 2.77 bits per heavy atom. The minimum absolute atomic E-state index is 0.988. The van der Waals surface area contributed by atoms with Gasteiger partial charge in [0.1, 0.15) is 0 Å². The molecule has 2 atom stereocenters. The molecule has 1 saturated heterocycles. The van der Waals surface area contributed by atoms with E-state index in [9.17, 15) is 0 Å². The van der Waals surface area contributed by atoms with Crippen molar-refractivity contribution in [3.63, 3.8) is 0 Å². The molecule has 0 saturated carbocycles. The fourth-order valence-electron chi connectivity index (χ4n) is 2.37. The van der Waals surface area contributed by atoms with Crippen molar-refractivity contribution < 1.29 is 0 Å². The van der Waals surface area contributed by atoms with E-state index >= 15 is 0 Å². The van der Waals surface area contributed by atoms with Gasteiger partial charge in [-0.3, -0.25) is 0 Å². The van der Waals surface area contributed by atoms with E-state index in [0.717, 1.165) is 11.8 Å². The normalized spacial score (nSPS) is 24.9. The average molecular weight is 183 g/mol. The zero-order chi connectivity index (χ0) is 9.52. The number of hydrogen-bond acceptors (Lipinski definition) is 1. The van der Waals surface area contributed by atoms with Crippen LogP contribution in [0, 0.1) is 11.8 Å². The largest absolute Gasteiger partial charge is 0.316 e. The van der Waals surface area contributed by atoms with E-state index in [2.05, 4.69) is 19.2 Å². The summed E-state index contributed by atoms with van der Waals surface area (Å²) in [6, 6.07) is 0. The van der Waals surface area contributed by atoms with E-state index in [0.29, 0.717) is 0 Å². The van der Waals surface area contributed by atoms with E-state index in [-0.39, 0.29) is 0 Å². The number of rotatable bonds is 6. The lowest BCUT2D eigenvalue weighted by Gasteiger charge is -2.18. The smallest absolute Gasteiger partial charge is 0.00199 e. The zero-order valence-electron chi connectivity index (χ0n) is 9.31. The van der Waals surface area contributed by atoms with Crippen molar-refractivity contribution in [3.05, 3.63) is 0 Å². The molecule has 0 radical (unpaired) electrons. The van der Waals surface area contributed by atoms with Gasteiger partial charge in [0.05, 0.1) is 0 Å². The highest BCUT2D eigenvalue weighted by molar-refractivity contribution is 4.74. The number of hydrogen-bond donors (Lipinski definition) is 1. The number of unbranched alkanes of at least 4 members (excludes halogenated alkanes) is 1. The third-order valence-corrected chi connectivity index (χ3v) is 3.37. The Kier molecular flexibility index (Phi) is 5.45. The molecular formula is C12H25N. The van der Waals surface area contributed by atoms with E-state index in [1.165, 1.54) is 51.6 Å². The fraction of sp³-hybridized carbons (Fsp3) is 1.00. The van der Waals surface area contributed by atoms with Crippen LogP contribution in [-0.4, -0.2) is 13.1 Å². The van der Waals surface area contributed by atoms with Crippen LogP contribution in [0.25, 0.3) is 0 Å². The third kappa shape index (κ3) is 4.12. The molecule has 1 heteroatoms. The molecule has 1 N–H and O–H groups in total. The van der Waals surface area contributed by atoms with Crippen LogP contribution in [0.5, 0.6) is 0 Å². The van der Waals surface area contributed by atoms with Gasteiger partial charge in [-0.05, 0) is 37.8 Å². The topological polar surface area (TPSA) is 12.0 Å². The lowest BCUT2D eigenvalue weighted by atomic mass is 9.88. The highest BCUT2D eigenvalue weighted by atomic mass is 14.9. The van der Waals surface area contributed by atoms with Crippen LogP contribution in [0.15, 0.2) is 0 Å². The molecule has 0 aromatic rings. The first-order valence-corrected chi connectivity index (χ1v) is 6.07. The summed E-state index contributed by atoms with van der Waals surface area (Å²) in [6.07, 6.45) is 8.53. The van der Waals surface area contributed by atoms with Crippen LogP contribution < -0.4 is 5.32 Å². The van der Waals surface area contributed by atoms with Crippen LogP contribution >= 0.6 is 0 Å². The zero-order valence-corrected chi connectivity index (χ0v) is 9.31. The Bertz CT molecular complexity index is 116. The lowest BCUT2D eigenvalue weighted by Crippen LogP contribution is -2.12. The summed E-state index contributed by atoms with van der Waals surface area (Å²) in [5.41, 5.74) is 0. The maximum absolute atomic E-state index is 3.46. The van der Waals surface area contributed by atoms with Gasteiger partial charge in [0.15, 0.2) is 0 Å². The molecule has 1 aliphatic rings. The van der Waals surface area contributed by atoms with Crippen LogP contribution in [0.4, 0.5) is 0 Å². The van der Waals surface area contributed by atoms with E-state index < -0.39 is 0 Å². The Morgan fingerprint density at radius 1 is 1.38 bits per heavy atom. The molecule has 13 heavy (non-hydrogen) atoms. The average Bonchev–Trinajstić information content (AvgIpc) is 2.64. The monoisotopic (exact) mass is 183 g/mol. The van der Waals surface area contributed by atoms with Crippen molar-refractivity contribution in [2.45, 2.75) is 52.4 Å². The van der Waals surface area contributed by atoms with E-state index in [1.807, 2.05) is 0 Å². The first kappa shape index (κ1) is 11.0. The van der Waals surface area contributed by atoms with Crippen molar-refractivity contribution in [2.24, 2.45) is 11.8 Å². The van der Waals surface area contributed by atoms with Gasteiger partial charge in [0.25, 0.3) is 0 Å². The first-order valence-electron chi connectivity index (χ1n) is 6.07. The molecule has 78 valence electrons. The van der Waals surface area contributed by atoms with Crippen molar-refractivity contribution in [1.29, 1.82) is 0 Å². The molecule has 0 unspecified atom stereocenters. The van der Waals surface area contributed by atoms with E-state index in [1.54, 1.807) is 0 Å². The van der Waals surface area contributed by atoms with Crippen LogP contribution in [0.2, 0.25) is 0 Å². The molecule has 1 heterocycles. The predicted octanol–water partition coefficient (Wildman–Crippen LogP) is 3.20. The Hall–Kier alpha value is -0.0400. The molecule has 1 aliphatic heterocycles. The third-order valence-electron chi connectivity index (χ3n) is 3.37. The van der Waals surface area contributed by atoms with Crippen molar-refractivity contribution >= 4 is 0 Å². The maximum atomic E-state index is 3.46. The molecule has 0 aromatic heterocycles. The Labute approximate surface area is 83.3 Å². The van der Waals surface area contributed by atoms with Gasteiger partial charge in [-0.15, -0.1) is 0 Å². The van der Waals surface area contributed by atoms with Crippen molar-refractivity contribution in [3.8, 4) is 0 Å². The molecule has 1 rings (SSSR count). The Morgan fingerprint density at radius 2 is 2.23 bits per heavy atom. The van der Waals surface area contributed by atoms with Crippen LogP contribution in [0.1, 0.15) is 52.4 Å². The van der Waals surface area contributed by atoms with E-state index in [4.69, 9.17) is 0 Å². The molecule has 1 fully saturated rings. The molecule has 0 bridgehead atoms. The molecule has 0 aliphatic carbocycles. The minimum Gasteiger partial charge on any atom is -0.316 e. The molecule has 0 spiro atoms. The fourth-order valence-corrected chi connectivity index (χ4v) is 2.37.